The third-order valence-electron chi connectivity index (χ3n) is 7.35. The zero-order valence-corrected chi connectivity index (χ0v) is 20.8. The fourth-order valence-electron chi connectivity index (χ4n) is 5.67. The number of benzene rings is 6. The summed E-state index contributed by atoms with van der Waals surface area (Å²) in [5, 5.41) is 7.77. The van der Waals surface area contributed by atoms with Gasteiger partial charge in [0.05, 0.1) is 0 Å². The summed E-state index contributed by atoms with van der Waals surface area (Å²) in [5.41, 5.74) is 5.85. The second-order valence-electron chi connectivity index (χ2n) is 9.52. The van der Waals surface area contributed by atoms with Crippen molar-refractivity contribution >= 4 is 81.1 Å². The fourth-order valence-corrected chi connectivity index (χ4v) is 6.78. The smallest absolute Gasteiger partial charge is 0.0479 e. The molecule has 0 amide bonds. The van der Waals surface area contributed by atoms with E-state index in [0.29, 0.717) is 0 Å². The topological polar surface area (TPSA) is 19.0 Å². The molecule has 0 spiro atoms. The quantitative estimate of drug-likeness (QED) is 0.261. The average molecular weight is 491 g/mol. The van der Waals surface area contributed by atoms with Gasteiger partial charge in [-0.1, -0.05) is 66.7 Å². The van der Waals surface area contributed by atoms with E-state index in [-0.39, 0.29) is 0 Å². The number of hydrogen-bond acceptors (Lipinski definition) is 2. The first-order chi connectivity index (χ1) is 18.3. The van der Waals surface area contributed by atoms with Crippen LogP contribution in [0.5, 0.6) is 0 Å². The van der Waals surface area contributed by atoms with E-state index in [1.807, 2.05) is 11.3 Å². The van der Waals surface area contributed by atoms with Gasteiger partial charge in [-0.15, -0.1) is 11.3 Å². The molecule has 0 bridgehead atoms. The summed E-state index contributed by atoms with van der Waals surface area (Å²) >= 11 is 1.86. The Labute approximate surface area is 218 Å². The number of anilines is 3. The van der Waals surface area contributed by atoms with Crippen molar-refractivity contribution in [3.05, 3.63) is 127 Å². The van der Waals surface area contributed by atoms with Crippen LogP contribution in [0.4, 0.5) is 17.1 Å². The van der Waals surface area contributed by atoms with E-state index in [1.54, 1.807) is 0 Å². The number of aromatic nitrogens is 1. The molecule has 174 valence electrons. The van der Waals surface area contributed by atoms with Gasteiger partial charge in [0, 0.05) is 59.0 Å². The molecule has 0 aliphatic heterocycles. The van der Waals surface area contributed by atoms with Crippen LogP contribution < -0.4 is 4.90 Å². The maximum absolute atomic E-state index is 3.68. The van der Waals surface area contributed by atoms with Crippen LogP contribution in [-0.4, -0.2) is 4.98 Å². The number of rotatable bonds is 3. The predicted octanol–water partition coefficient (Wildman–Crippen LogP) is 10.3. The summed E-state index contributed by atoms with van der Waals surface area (Å²) in [5.74, 6) is 0. The highest BCUT2D eigenvalue weighted by molar-refractivity contribution is 7.25. The van der Waals surface area contributed by atoms with Gasteiger partial charge in [-0.2, -0.15) is 0 Å². The van der Waals surface area contributed by atoms with Crippen LogP contribution in [0.2, 0.25) is 0 Å². The zero-order valence-electron chi connectivity index (χ0n) is 20.0. The molecule has 3 heteroatoms. The average Bonchev–Trinajstić information content (AvgIpc) is 3.50. The van der Waals surface area contributed by atoms with Crippen molar-refractivity contribution < 1.29 is 0 Å². The molecule has 0 saturated carbocycles. The molecule has 0 unspecified atom stereocenters. The van der Waals surface area contributed by atoms with Crippen molar-refractivity contribution in [2.24, 2.45) is 0 Å². The lowest BCUT2D eigenvalue weighted by molar-refractivity contribution is 1.29. The first-order valence-corrected chi connectivity index (χ1v) is 13.3. The number of nitrogens with zero attached hydrogens (tertiary/aromatic N) is 1. The van der Waals surface area contributed by atoms with Crippen LogP contribution in [0.25, 0.3) is 52.8 Å². The molecule has 2 aromatic heterocycles. The number of H-pyrrole nitrogens is 1. The van der Waals surface area contributed by atoms with Crippen molar-refractivity contribution in [1.82, 2.24) is 4.98 Å². The van der Waals surface area contributed by atoms with Gasteiger partial charge < -0.3 is 9.88 Å². The van der Waals surface area contributed by atoms with Crippen LogP contribution in [-0.2, 0) is 0 Å². The summed E-state index contributed by atoms with van der Waals surface area (Å²) in [6.45, 7) is 0. The number of para-hydroxylation sites is 2. The maximum atomic E-state index is 3.68. The van der Waals surface area contributed by atoms with Gasteiger partial charge in [0.2, 0.25) is 0 Å². The minimum Gasteiger partial charge on any atom is -0.354 e. The van der Waals surface area contributed by atoms with Gasteiger partial charge in [-0.05, 0) is 71.4 Å². The molecular weight excluding hydrogens is 468 g/mol. The third kappa shape index (κ3) is 3.18. The van der Waals surface area contributed by atoms with Crippen molar-refractivity contribution in [2.75, 3.05) is 4.90 Å². The summed E-state index contributed by atoms with van der Waals surface area (Å²) in [6, 6.07) is 45.9. The molecule has 0 atom stereocenters. The van der Waals surface area contributed by atoms with E-state index in [4.69, 9.17) is 0 Å². The van der Waals surface area contributed by atoms with Crippen LogP contribution in [0.1, 0.15) is 0 Å². The van der Waals surface area contributed by atoms with E-state index in [9.17, 15) is 0 Å². The number of hydrogen-bond donors (Lipinski definition) is 1. The molecular formula is C34H22N2S. The highest BCUT2D eigenvalue weighted by atomic mass is 32.1. The van der Waals surface area contributed by atoms with Crippen molar-refractivity contribution in [3.63, 3.8) is 0 Å². The fraction of sp³-hybridized carbons (Fsp3) is 0. The zero-order chi connectivity index (χ0) is 24.3. The molecule has 0 aliphatic rings. The largest absolute Gasteiger partial charge is 0.354 e. The summed E-state index contributed by atoms with van der Waals surface area (Å²) in [7, 11) is 0. The molecule has 0 fully saturated rings. The number of nitrogens with one attached hydrogen (secondary N) is 1. The second kappa shape index (κ2) is 7.95. The Kier molecular flexibility index (Phi) is 4.42. The van der Waals surface area contributed by atoms with Gasteiger partial charge in [0.25, 0.3) is 0 Å². The van der Waals surface area contributed by atoms with Crippen LogP contribution in [0.15, 0.2) is 127 Å². The molecule has 6 aromatic carbocycles. The molecule has 2 heterocycles. The summed E-state index contributed by atoms with van der Waals surface area (Å²) in [6.07, 6.45) is 0. The Morgan fingerprint density at radius 1 is 0.459 bits per heavy atom. The van der Waals surface area contributed by atoms with Crippen LogP contribution >= 0.6 is 11.3 Å². The number of thiophene rings is 1. The van der Waals surface area contributed by atoms with Crippen LogP contribution in [0, 0.1) is 0 Å². The number of fused-ring (bicyclic) bond motifs is 8. The molecule has 1 N–H and O–H groups in total. The summed E-state index contributed by atoms with van der Waals surface area (Å²) < 4.78 is 2.61. The van der Waals surface area contributed by atoms with Gasteiger partial charge in [0.1, 0.15) is 0 Å². The molecule has 8 rings (SSSR count). The lowest BCUT2D eigenvalue weighted by Gasteiger charge is -2.25. The highest BCUT2D eigenvalue weighted by Gasteiger charge is 2.16. The Bertz CT molecular complexity index is 2050. The van der Waals surface area contributed by atoms with Gasteiger partial charge >= 0.3 is 0 Å². The van der Waals surface area contributed by atoms with Crippen molar-refractivity contribution in [3.8, 4) is 0 Å². The standard InChI is InChI=1S/C34H22N2S/c1-3-10-23(11-4-1)36(24-12-5-2-6-13-24)25-16-18-32-27(19-25)28-20-29-31(21-33(28)37-32)35-30-17-15-22-9-7-8-14-26(22)34(29)30/h1-21,35H. The van der Waals surface area contributed by atoms with E-state index in [1.165, 1.54) is 52.8 Å². The first kappa shape index (κ1) is 20.6. The van der Waals surface area contributed by atoms with Gasteiger partial charge in [0.15, 0.2) is 0 Å². The number of aromatic amines is 1. The van der Waals surface area contributed by atoms with Crippen molar-refractivity contribution in [1.29, 1.82) is 0 Å². The molecule has 0 saturated heterocycles. The highest BCUT2D eigenvalue weighted by Crippen LogP contribution is 2.43. The Morgan fingerprint density at radius 2 is 1.16 bits per heavy atom. The molecule has 0 radical (unpaired) electrons. The van der Waals surface area contributed by atoms with Crippen LogP contribution in [0.3, 0.4) is 0 Å². The lowest BCUT2D eigenvalue weighted by Crippen LogP contribution is -2.09. The predicted molar refractivity (Wildman–Crippen MR) is 161 cm³/mol. The van der Waals surface area contributed by atoms with E-state index >= 15 is 0 Å². The van der Waals surface area contributed by atoms with Gasteiger partial charge in [-0.3, -0.25) is 0 Å². The Balaban J connectivity index is 1.40. The third-order valence-corrected chi connectivity index (χ3v) is 8.48. The molecule has 37 heavy (non-hydrogen) atoms. The van der Waals surface area contributed by atoms with E-state index in [0.717, 1.165) is 17.1 Å². The normalized spacial score (nSPS) is 11.8. The Morgan fingerprint density at radius 3 is 1.95 bits per heavy atom. The Hall–Kier alpha value is -4.60. The first-order valence-electron chi connectivity index (χ1n) is 12.5. The monoisotopic (exact) mass is 490 g/mol. The van der Waals surface area contributed by atoms with Crippen molar-refractivity contribution in [2.45, 2.75) is 0 Å². The SMILES string of the molecule is c1ccc(N(c2ccccc2)c2ccc3sc4cc5[nH]c6ccc7ccccc7c6c5cc4c3c2)cc1. The molecule has 0 aliphatic carbocycles. The molecule has 2 nitrogen and oxygen atoms in total. The second-order valence-corrected chi connectivity index (χ2v) is 10.6. The van der Waals surface area contributed by atoms with E-state index < -0.39 is 0 Å². The van der Waals surface area contributed by atoms with E-state index in [2.05, 4.69) is 137 Å². The minimum atomic E-state index is 1.15. The molecule has 8 aromatic rings. The minimum absolute atomic E-state index is 1.15. The summed E-state index contributed by atoms with van der Waals surface area (Å²) in [4.78, 5) is 6.01. The van der Waals surface area contributed by atoms with Gasteiger partial charge in [-0.25, -0.2) is 0 Å². The maximum Gasteiger partial charge on any atom is 0.0479 e. The lowest BCUT2D eigenvalue weighted by atomic mass is 10.0.